The zero-order valence-corrected chi connectivity index (χ0v) is 22.1. The molecule has 1 aliphatic carbocycles. The maximum atomic E-state index is 12.5. The lowest BCUT2D eigenvalue weighted by molar-refractivity contribution is -0.127. The highest BCUT2D eigenvalue weighted by atomic mass is 16.5. The molecule has 1 saturated carbocycles. The minimum absolute atomic E-state index is 0.0706. The quantitative estimate of drug-likeness (QED) is 0.496. The Morgan fingerprint density at radius 2 is 1.81 bits per heavy atom. The van der Waals surface area contributed by atoms with Crippen molar-refractivity contribution in [1.82, 2.24) is 20.0 Å². The lowest BCUT2D eigenvalue weighted by Gasteiger charge is -2.55. The van der Waals surface area contributed by atoms with Gasteiger partial charge in [0.1, 0.15) is 5.60 Å². The van der Waals surface area contributed by atoms with Crippen molar-refractivity contribution in [1.29, 1.82) is 0 Å². The first-order chi connectivity index (χ1) is 17.6. The van der Waals surface area contributed by atoms with Crippen molar-refractivity contribution in [3.8, 4) is 11.4 Å². The van der Waals surface area contributed by atoms with Gasteiger partial charge in [-0.1, -0.05) is 50.2 Å². The van der Waals surface area contributed by atoms with E-state index < -0.39 is 5.60 Å². The lowest BCUT2D eigenvalue weighted by atomic mass is 9.62. The highest BCUT2D eigenvalue weighted by molar-refractivity contribution is 5.76. The average molecular weight is 504 g/mol. The Kier molecular flexibility index (Phi) is 6.66. The summed E-state index contributed by atoms with van der Waals surface area (Å²) in [7, 11) is 2.07. The van der Waals surface area contributed by atoms with Crippen LogP contribution in [0.25, 0.3) is 11.4 Å². The van der Waals surface area contributed by atoms with Gasteiger partial charge in [-0.25, -0.2) is 0 Å². The molecule has 8 nitrogen and oxygen atoms in total. The van der Waals surface area contributed by atoms with Crippen LogP contribution in [-0.4, -0.2) is 51.2 Å². The molecular weight excluding hydrogens is 466 g/mol. The van der Waals surface area contributed by atoms with E-state index in [1.54, 1.807) is 12.4 Å². The number of carbonyl (C=O) groups is 1. The summed E-state index contributed by atoms with van der Waals surface area (Å²) in [6, 6.07) is 10.2. The van der Waals surface area contributed by atoms with Gasteiger partial charge in [-0.05, 0) is 55.8 Å². The van der Waals surface area contributed by atoms with Crippen LogP contribution in [0.3, 0.4) is 0 Å². The summed E-state index contributed by atoms with van der Waals surface area (Å²) in [6.07, 6.45) is 6.53. The molecule has 2 aliphatic rings. The second-order valence-corrected chi connectivity index (χ2v) is 11.6. The molecule has 2 aromatic heterocycles. The molecule has 37 heavy (non-hydrogen) atoms. The van der Waals surface area contributed by atoms with E-state index in [0.29, 0.717) is 28.8 Å². The summed E-state index contributed by atoms with van der Waals surface area (Å²) in [6.45, 7) is 7.99. The number of amides is 1. The Balaban J connectivity index is 1.46. The molecule has 0 radical (unpaired) electrons. The van der Waals surface area contributed by atoms with Crippen LogP contribution in [-0.2, 0) is 10.4 Å². The van der Waals surface area contributed by atoms with Crippen LogP contribution in [0.15, 0.2) is 47.2 Å². The van der Waals surface area contributed by atoms with Gasteiger partial charge in [-0.2, -0.15) is 4.98 Å². The van der Waals surface area contributed by atoms with Gasteiger partial charge in [0.05, 0.1) is 0 Å². The molecule has 0 bridgehead atoms. The van der Waals surface area contributed by atoms with E-state index in [9.17, 15) is 9.90 Å². The summed E-state index contributed by atoms with van der Waals surface area (Å²) >= 11 is 0. The number of aliphatic hydroxyl groups is 1. The summed E-state index contributed by atoms with van der Waals surface area (Å²) < 4.78 is 5.64. The highest BCUT2D eigenvalue weighted by Crippen LogP contribution is 2.50. The zero-order valence-electron chi connectivity index (χ0n) is 22.1. The Morgan fingerprint density at radius 3 is 2.41 bits per heavy atom. The normalized spacial score (nSPS) is 23.4. The molecule has 2 fully saturated rings. The number of primary amides is 1. The second-order valence-electron chi connectivity index (χ2n) is 11.6. The van der Waals surface area contributed by atoms with Crippen LogP contribution >= 0.6 is 0 Å². The van der Waals surface area contributed by atoms with Gasteiger partial charge >= 0.3 is 0 Å². The standard InChI is InChI=1S/C29H37N5O3/c1-18(2)19-9-11-23(12-10-19)29(36,28(3)16-34(4)17-28)24-13-22(14-31-15-24)26-32-27(37-33-26)21-7-5-20(6-8-21)25(30)35/h9-15,18,20-21,36H,5-8,16-17H2,1-4H3,(H2,30,35). The first-order valence-corrected chi connectivity index (χ1v) is 13.2. The van der Waals surface area contributed by atoms with Crippen molar-refractivity contribution in [3.63, 3.8) is 0 Å². The summed E-state index contributed by atoms with van der Waals surface area (Å²) in [5.74, 6) is 1.26. The fourth-order valence-electron chi connectivity index (χ4n) is 6.25. The molecule has 3 aromatic rings. The van der Waals surface area contributed by atoms with E-state index in [4.69, 9.17) is 10.3 Å². The molecule has 1 atom stereocenters. The molecule has 196 valence electrons. The lowest BCUT2D eigenvalue weighted by Crippen LogP contribution is -2.63. The van der Waals surface area contributed by atoms with Gasteiger partial charge in [-0.15, -0.1) is 0 Å². The van der Waals surface area contributed by atoms with Crippen LogP contribution in [0.5, 0.6) is 0 Å². The molecule has 1 aliphatic heterocycles. The number of hydrogen-bond acceptors (Lipinski definition) is 7. The monoisotopic (exact) mass is 503 g/mol. The van der Waals surface area contributed by atoms with Crippen LogP contribution < -0.4 is 5.73 Å². The number of carbonyl (C=O) groups excluding carboxylic acids is 1. The molecule has 3 heterocycles. The van der Waals surface area contributed by atoms with Crippen molar-refractivity contribution in [2.75, 3.05) is 20.1 Å². The number of likely N-dealkylation sites (tertiary alicyclic amines) is 1. The fraction of sp³-hybridized carbons (Fsp3) is 0.517. The number of nitrogens with two attached hydrogens (primary N) is 1. The molecule has 5 rings (SSSR count). The summed E-state index contributed by atoms with van der Waals surface area (Å²) in [4.78, 5) is 22.9. The van der Waals surface area contributed by atoms with E-state index in [-0.39, 0.29) is 23.2 Å². The van der Waals surface area contributed by atoms with Crippen LogP contribution in [0.2, 0.25) is 0 Å². The smallest absolute Gasteiger partial charge is 0.230 e. The summed E-state index contributed by atoms with van der Waals surface area (Å²) in [5, 5.41) is 16.7. The molecule has 1 aromatic carbocycles. The highest BCUT2D eigenvalue weighted by Gasteiger charge is 2.55. The summed E-state index contributed by atoms with van der Waals surface area (Å²) in [5.41, 5.74) is 7.35. The maximum absolute atomic E-state index is 12.5. The van der Waals surface area contributed by atoms with Crippen molar-refractivity contribution in [3.05, 3.63) is 65.3 Å². The van der Waals surface area contributed by atoms with Gasteiger partial charge in [-0.3, -0.25) is 9.78 Å². The largest absolute Gasteiger partial charge is 0.380 e. The topological polar surface area (TPSA) is 118 Å². The molecule has 1 amide bonds. The van der Waals surface area contributed by atoms with Crippen LogP contribution in [0.1, 0.15) is 80.9 Å². The molecule has 1 unspecified atom stereocenters. The van der Waals surface area contributed by atoms with E-state index in [0.717, 1.165) is 44.3 Å². The van der Waals surface area contributed by atoms with Gasteiger partial charge in [0.15, 0.2) is 0 Å². The Bertz CT molecular complexity index is 1260. The fourth-order valence-corrected chi connectivity index (χ4v) is 6.25. The number of rotatable bonds is 7. The van der Waals surface area contributed by atoms with Gasteiger partial charge in [0.2, 0.25) is 17.6 Å². The first kappa shape index (κ1) is 25.5. The third kappa shape index (κ3) is 4.57. The molecule has 1 saturated heterocycles. The minimum atomic E-state index is -1.24. The Hall–Kier alpha value is -3.10. The van der Waals surface area contributed by atoms with E-state index in [1.165, 1.54) is 5.56 Å². The van der Waals surface area contributed by atoms with Gasteiger partial charge in [0.25, 0.3) is 0 Å². The van der Waals surface area contributed by atoms with E-state index >= 15 is 0 Å². The molecule has 3 N–H and O–H groups in total. The Labute approximate surface area is 218 Å². The molecule has 8 heteroatoms. The number of hydrogen-bond donors (Lipinski definition) is 2. The predicted molar refractivity (Wildman–Crippen MR) is 141 cm³/mol. The number of pyridine rings is 1. The van der Waals surface area contributed by atoms with Crippen molar-refractivity contribution >= 4 is 5.91 Å². The third-order valence-electron chi connectivity index (χ3n) is 8.44. The SMILES string of the molecule is CC(C)c1ccc(C(O)(c2cncc(-c3noc(C4CCC(C(N)=O)CC4)n3)c2)C2(C)CN(C)C2)cc1. The molecular formula is C29H37N5O3. The van der Waals surface area contributed by atoms with Gasteiger partial charge < -0.3 is 20.3 Å². The third-order valence-corrected chi connectivity index (χ3v) is 8.44. The van der Waals surface area contributed by atoms with Crippen molar-refractivity contribution < 1.29 is 14.4 Å². The number of nitrogens with zero attached hydrogens (tertiary/aromatic N) is 4. The Morgan fingerprint density at radius 1 is 1.14 bits per heavy atom. The van der Waals surface area contributed by atoms with E-state index in [1.807, 2.05) is 18.2 Å². The predicted octanol–water partition coefficient (Wildman–Crippen LogP) is 4.20. The van der Waals surface area contributed by atoms with E-state index in [2.05, 4.69) is 60.0 Å². The number of benzene rings is 1. The maximum Gasteiger partial charge on any atom is 0.230 e. The zero-order chi connectivity index (χ0) is 26.4. The average Bonchev–Trinajstić information content (AvgIpc) is 3.38. The number of aromatic nitrogens is 3. The van der Waals surface area contributed by atoms with Crippen LogP contribution in [0.4, 0.5) is 0 Å². The van der Waals surface area contributed by atoms with Crippen molar-refractivity contribution in [2.24, 2.45) is 17.1 Å². The first-order valence-electron chi connectivity index (χ1n) is 13.2. The van der Waals surface area contributed by atoms with Crippen LogP contribution in [0, 0.1) is 11.3 Å². The van der Waals surface area contributed by atoms with Crippen molar-refractivity contribution in [2.45, 2.75) is 63.9 Å². The minimum Gasteiger partial charge on any atom is -0.380 e. The second kappa shape index (κ2) is 9.65. The van der Waals surface area contributed by atoms with Gasteiger partial charge in [0, 0.05) is 53.9 Å². The molecule has 0 spiro atoms.